The molecule has 0 aliphatic carbocycles. The van der Waals surface area contributed by atoms with Gasteiger partial charge in [-0.2, -0.15) is 0 Å². The van der Waals surface area contributed by atoms with Crippen molar-refractivity contribution in [2.45, 2.75) is 0 Å². The van der Waals surface area contributed by atoms with Crippen LogP contribution in [0.2, 0.25) is 0 Å². The topological polar surface area (TPSA) is 8.17 Å². The van der Waals surface area contributed by atoms with Crippen LogP contribution in [0.4, 0.5) is 17.1 Å². The van der Waals surface area contributed by atoms with Crippen molar-refractivity contribution in [1.82, 2.24) is 4.57 Å². The number of fused-ring (bicyclic) bond motifs is 3. The molecule has 0 spiro atoms. The maximum Gasteiger partial charge on any atom is 0.0541 e. The van der Waals surface area contributed by atoms with Gasteiger partial charge in [-0.15, -0.1) is 0 Å². The summed E-state index contributed by atoms with van der Waals surface area (Å²) in [5, 5.41) is 2.49. The molecule has 0 saturated carbocycles. The minimum Gasteiger partial charge on any atom is -0.311 e. The minimum atomic E-state index is 1.10. The van der Waals surface area contributed by atoms with Gasteiger partial charge in [0.25, 0.3) is 0 Å². The monoisotopic (exact) mass is 638 g/mol. The molecule has 0 aliphatic heterocycles. The summed E-state index contributed by atoms with van der Waals surface area (Å²) >= 11 is 0. The molecule has 0 radical (unpaired) electrons. The highest BCUT2D eigenvalue weighted by Crippen LogP contribution is 2.39. The minimum absolute atomic E-state index is 1.10. The fraction of sp³-hybridized carbons (Fsp3) is 0. The number of hydrogen-bond donors (Lipinski definition) is 0. The number of benzene rings is 8. The van der Waals surface area contributed by atoms with Crippen LogP contribution in [-0.4, -0.2) is 4.57 Å². The van der Waals surface area contributed by atoms with Crippen molar-refractivity contribution in [3.8, 4) is 39.1 Å². The van der Waals surface area contributed by atoms with Crippen LogP contribution in [0, 0.1) is 0 Å². The summed E-state index contributed by atoms with van der Waals surface area (Å²) < 4.78 is 2.40. The molecule has 2 heteroatoms. The van der Waals surface area contributed by atoms with Crippen LogP contribution in [-0.2, 0) is 0 Å². The molecule has 9 aromatic rings. The van der Waals surface area contributed by atoms with Gasteiger partial charge in [0.15, 0.2) is 0 Å². The summed E-state index contributed by atoms with van der Waals surface area (Å²) in [6.45, 7) is 0. The van der Waals surface area contributed by atoms with Crippen LogP contribution in [0.5, 0.6) is 0 Å². The van der Waals surface area contributed by atoms with Crippen molar-refractivity contribution in [2.75, 3.05) is 4.90 Å². The highest BCUT2D eigenvalue weighted by molar-refractivity contribution is 6.11. The van der Waals surface area contributed by atoms with E-state index in [-0.39, 0.29) is 0 Å². The predicted octanol–water partition coefficient (Wildman–Crippen LogP) is 13.3. The molecule has 0 aliphatic rings. The smallest absolute Gasteiger partial charge is 0.0541 e. The van der Waals surface area contributed by atoms with Gasteiger partial charge in [-0.25, -0.2) is 0 Å². The number of anilines is 3. The summed E-state index contributed by atoms with van der Waals surface area (Å²) in [5.74, 6) is 0. The third-order valence-electron chi connectivity index (χ3n) is 9.59. The number of nitrogens with zero attached hydrogens (tertiary/aromatic N) is 2. The third kappa shape index (κ3) is 5.43. The second kappa shape index (κ2) is 12.8. The molecule has 0 saturated heterocycles. The summed E-state index contributed by atoms with van der Waals surface area (Å²) in [6.07, 6.45) is 0. The zero-order chi connectivity index (χ0) is 33.3. The Morgan fingerprint density at radius 1 is 0.280 bits per heavy atom. The molecule has 0 atom stereocenters. The van der Waals surface area contributed by atoms with Gasteiger partial charge in [0.2, 0.25) is 0 Å². The fourth-order valence-electron chi connectivity index (χ4n) is 7.13. The molecule has 236 valence electrons. The summed E-state index contributed by atoms with van der Waals surface area (Å²) in [6, 6.07) is 74.0. The van der Waals surface area contributed by atoms with Gasteiger partial charge in [-0.05, 0) is 106 Å². The highest BCUT2D eigenvalue weighted by atomic mass is 15.1. The van der Waals surface area contributed by atoms with E-state index in [2.05, 4.69) is 216 Å². The summed E-state index contributed by atoms with van der Waals surface area (Å²) in [5.41, 5.74) is 14.1. The fourth-order valence-corrected chi connectivity index (χ4v) is 7.13. The summed E-state index contributed by atoms with van der Waals surface area (Å²) in [7, 11) is 0. The highest BCUT2D eigenvalue weighted by Gasteiger charge is 2.17. The van der Waals surface area contributed by atoms with Crippen LogP contribution in [0.15, 0.2) is 206 Å². The molecule has 0 unspecified atom stereocenters. The molecule has 1 heterocycles. The van der Waals surface area contributed by atoms with Crippen molar-refractivity contribution in [3.05, 3.63) is 206 Å². The van der Waals surface area contributed by atoms with Gasteiger partial charge in [0.05, 0.1) is 11.0 Å². The lowest BCUT2D eigenvalue weighted by molar-refractivity contribution is 1.17. The molecule has 0 bridgehead atoms. The van der Waals surface area contributed by atoms with E-state index in [0.717, 1.165) is 22.7 Å². The van der Waals surface area contributed by atoms with E-state index in [4.69, 9.17) is 0 Å². The average Bonchev–Trinajstić information content (AvgIpc) is 3.53. The number of aromatic nitrogens is 1. The zero-order valence-electron chi connectivity index (χ0n) is 27.5. The first kappa shape index (κ1) is 29.5. The first-order valence-corrected chi connectivity index (χ1v) is 17.1. The van der Waals surface area contributed by atoms with Crippen molar-refractivity contribution in [2.24, 2.45) is 0 Å². The van der Waals surface area contributed by atoms with E-state index < -0.39 is 0 Å². The molecule has 2 nitrogen and oxygen atoms in total. The lowest BCUT2D eigenvalue weighted by atomic mass is 10.0. The van der Waals surface area contributed by atoms with Crippen LogP contribution in [0.1, 0.15) is 0 Å². The van der Waals surface area contributed by atoms with E-state index in [1.54, 1.807) is 0 Å². The second-order valence-electron chi connectivity index (χ2n) is 12.6. The van der Waals surface area contributed by atoms with Crippen molar-refractivity contribution >= 4 is 38.9 Å². The van der Waals surface area contributed by atoms with Gasteiger partial charge in [0, 0.05) is 33.5 Å². The SMILES string of the molecule is c1ccc(-c2ccc(N(c3ccccc3)c3ccc(-n4c5ccc(-c6ccccc6)cc5c5cc(-c6ccccc6)ccc54)cc3)cc2)cc1. The van der Waals surface area contributed by atoms with E-state index in [1.807, 2.05) is 0 Å². The Morgan fingerprint density at radius 3 is 1.08 bits per heavy atom. The lowest BCUT2D eigenvalue weighted by Crippen LogP contribution is -2.10. The van der Waals surface area contributed by atoms with Gasteiger partial charge in [0.1, 0.15) is 0 Å². The zero-order valence-corrected chi connectivity index (χ0v) is 27.5. The number of para-hydroxylation sites is 1. The average molecular weight is 639 g/mol. The van der Waals surface area contributed by atoms with Crippen LogP contribution in [0.25, 0.3) is 60.9 Å². The Bertz CT molecular complexity index is 2440. The Kier molecular flexibility index (Phi) is 7.53. The molecule has 8 aromatic carbocycles. The maximum absolute atomic E-state index is 2.40. The van der Waals surface area contributed by atoms with E-state index in [1.165, 1.54) is 55.2 Å². The lowest BCUT2D eigenvalue weighted by Gasteiger charge is -2.26. The first-order valence-electron chi connectivity index (χ1n) is 17.1. The standard InChI is InChI=1S/C48H34N2/c1-5-13-35(14-6-1)38-21-25-42(26-22-38)49(41-19-11-4-12-20-41)43-27-29-44(30-28-43)50-47-31-23-39(36-15-7-2-8-16-36)33-45(47)46-34-40(24-32-48(46)50)37-17-9-3-10-18-37/h1-34H. The first-order chi connectivity index (χ1) is 24.8. The molecule has 50 heavy (non-hydrogen) atoms. The van der Waals surface area contributed by atoms with E-state index in [9.17, 15) is 0 Å². The Balaban J connectivity index is 1.16. The van der Waals surface area contributed by atoms with Crippen LogP contribution >= 0.6 is 0 Å². The molecule has 0 fully saturated rings. The number of rotatable bonds is 7. The van der Waals surface area contributed by atoms with Crippen molar-refractivity contribution in [3.63, 3.8) is 0 Å². The molecule has 0 amide bonds. The Morgan fingerprint density at radius 2 is 0.620 bits per heavy atom. The molecule has 9 rings (SSSR count). The van der Waals surface area contributed by atoms with Gasteiger partial charge in [-0.3, -0.25) is 0 Å². The van der Waals surface area contributed by atoms with Crippen LogP contribution < -0.4 is 4.90 Å². The normalized spacial score (nSPS) is 11.2. The second-order valence-corrected chi connectivity index (χ2v) is 12.6. The molecule has 1 aromatic heterocycles. The van der Waals surface area contributed by atoms with E-state index in [0.29, 0.717) is 0 Å². The van der Waals surface area contributed by atoms with Gasteiger partial charge >= 0.3 is 0 Å². The molecular weight excluding hydrogens is 605 g/mol. The number of hydrogen-bond acceptors (Lipinski definition) is 1. The third-order valence-corrected chi connectivity index (χ3v) is 9.59. The van der Waals surface area contributed by atoms with E-state index >= 15 is 0 Å². The molecular formula is C48H34N2. The largest absolute Gasteiger partial charge is 0.311 e. The van der Waals surface area contributed by atoms with Crippen molar-refractivity contribution < 1.29 is 0 Å². The van der Waals surface area contributed by atoms with Gasteiger partial charge < -0.3 is 9.47 Å². The Hall–Kier alpha value is -6.64. The summed E-state index contributed by atoms with van der Waals surface area (Å²) in [4.78, 5) is 2.32. The van der Waals surface area contributed by atoms with Crippen molar-refractivity contribution in [1.29, 1.82) is 0 Å². The van der Waals surface area contributed by atoms with Gasteiger partial charge in [-0.1, -0.05) is 133 Å². The quantitative estimate of drug-likeness (QED) is 0.169. The predicted molar refractivity (Wildman–Crippen MR) is 212 cm³/mol. The molecule has 0 N–H and O–H groups in total. The maximum atomic E-state index is 2.40. The van der Waals surface area contributed by atoms with Crippen LogP contribution in [0.3, 0.4) is 0 Å². The Labute approximate surface area is 292 Å².